The van der Waals surface area contributed by atoms with Gasteiger partial charge in [-0.15, -0.1) is 0 Å². The highest BCUT2D eigenvalue weighted by Crippen LogP contribution is 2.75. The van der Waals surface area contributed by atoms with Crippen molar-refractivity contribution >= 4 is 0 Å². The lowest BCUT2D eigenvalue weighted by atomic mass is 9.39. The van der Waals surface area contributed by atoms with Crippen LogP contribution in [0.4, 0.5) is 0 Å². The van der Waals surface area contributed by atoms with E-state index in [4.69, 9.17) is 47.4 Å². The quantitative estimate of drug-likeness (QED) is 0.0521. The molecule has 28 unspecified atom stereocenters. The monoisotopic (exact) mass is 1290 g/mol. The predicted molar refractivity (Wildman–Crippen MR) is 306 cm³/mol. The van der Waals surface area contributed by atoms with Crippen LogP contribution >= 0.6 is 0 Å². The molecule has 89 heavy (non-hydrogen) atoms. The van der Waals surface area contributed by atoms with E-state index in [0.29, 0.717) is 18.8 Å². The van der Waals surface area contributed by atoms with E-state index in [1.165, 1.54) is 5.57 Å². The molecule has 0 spiro atoms. The number of allylic oxidation sites excluding steroid dienone is 1. The minimum Gasteiger partial charge on any atom is -0.394 e. The standard InChI is InChI=1S/C60H102O28.CH4/c1-24(9-13-35(57(4,5)78)86-55-50(88-54-47(76)42(71)38(67)30(21-63)82-54)43(72)39(68)32(84-55)23-79-51-45(74)40(69)36(65)28(19-61)80-51)25-15-16-60(8)33-12-10-26-27(58(33,6)17-18-59(25,60)7)11-14-34(56(26,2)3)85-52-48(77)44(73)49(31(22-64)83-52)87-53-46(75)41(70)37(66)29(20-62)81-53;/h10,24-25,27-55,61-78H,9,11-23H2,1-8H3;1H4/t24-,25-,27?,28?,29?,30?,31?,32?,33?,34+,35?,36?,37?,38?,39?,40?,41?,42?,43?,44?,45?,46?,47?,48?,49?,50?,51?,52?,53?,54?,55?,58+,59-,60+;/m1./s1. The Hall–Kier alpha value is -1.38. The minimum absolute atomic E-state index is 0. The molecule has 0 aromatic rings. The van der Waals surface area contributed by atoms with Gasteiger partial charge < -0.3 is 139 Å². The number of hydrogen-bond acceptors (Lipinski definition) is 28. The molecule has 3 saturated carbocycles. The SMILES string of the molecule is C.C[C@H](CCC(OC1OC(COC2OC(CO)C(O)C(O)C2O)C(O)C(O)C1OC1OC(CO)C(O)C(O)C1O)C(C)(C)O)[C@H]1CC[C@@]2(C)C3CC=C4C(CC[C@H](OC5OC(CO)C(OC6OC(CO)C(O)C(O)C6O)C(O)C5O)C4(C)C)[C@]3(C)CC[C@]12C. The first-order valence-corrected chi connectivity index (χ1v) is 31.5. The summed E-state index contributed by atoms with van der Waals surface area (Å²) in [5.41, 5.74) is -1.21. The molecule has 28 nitrogen and oxygen atoms in total. The number of fused-ring (bicyclic) bond motifs is 5. The van der Waals surface area contributed by atoms with Crippen LogP contribution in [0.25, 0.3) is 0 Å². The van der Waals surface area contributed by atoms with Crippen molar-refractivity contribution in [2.45, 2.75) is 292 Å². The van der Waals surface area contributed by atoms with Crippen LogP contribution in [0.2, 0.25) is 0 Å². The zero-order valence-corrected chi connectivity index (χ0v) is 51.5. The van der Waals surface area contributed by atoms with Crippen molar-refractivity contribution in [2.75, 3.05) is 33.0 Å². The third-order valence-electron chi connectivity index (χ3n) is 22.8. The van der Waals surface area contributed by atoms with Crippen LogP contribution in [-0.4, -0.2) is 296 Å². The van der Waals surface area contributed by atoms with Gasteiger partial charge in [0, 0.05) is 5.41 Å². The van der Waals surface area contributed by atoms with Crippen molar-refractivity contribution in [1.29, 1.82) is 0 Å². The maximum absolute atomic E-state index is 11.8. The molecule has 18 N–H and O–H groups in total. The zero-order valence-electron chi connectivity index (χ0n) is 51.5. The summed E-state index contributed by atoms with van der Waals surface area (Å²) in [5, 5.41) is 193. The number of ether oxygens (including phenoxy) is 10. The molecule has 0 bridgehead atoms. The summed E-state index contributed by atoms with van der Waals surface area (Å²) in [4.78, 5) is 0. The van der Waals surface area contributed by atoms with Crippen LogP contribution in [0.3, 0.4) is 0 Å². The predicted octanol–water partition coefficient (Wildman–Crippen LogP) is -3.74. The zero-order chi connectivity index (χ0) is 64.7. The van der Waals surface area contributed by atoms with Gasteiger partial charge in [0.25, 0.3) is 0 Å². The smallest absolute Gasteiger partial charge is 0.187 e. The largest absolute Gasteiger partial charge is 0.394 e. The first-order valence-electron chi connectivity index (χ1n) is 31.5. The Balaban J connectivity index is 0.0000102. The van der Waals surface area contributed by atoms with Crippen LogP contribution in [0.5, 0.6) is 0 Å². The van der Waals surface area contributed by atoms with Crippen molar-refractivity contribution in [3.05, 3.63) is 11.6 Å². The normalized spacial score (nSPS) is 50.8. The molecule has 518 valence electrons. The molecule has 0 aromatic heterocycles. The van der Waals surface area contributed by atoms with Gasteiger partial charge in [0.15, 0.2) is 31.5 Å². The van der Waals surface area contributed by atoms with Crippen LogP contribution in [0.15, 0.2) is 11.6 Å². The van der Waals surface area contributed by atoms with E-state index in [-0.39, 0.29) is 47.8 Å². The molecule has 8 fully saturated rings. The van der Waals surface area contributed by atoms with E-state index in [2.05, 4.69) is 47.6 Å². The number of rotatable bonds is 20. The fourth-order valence-electron chi connectivity index (χ4n) is 17.1. The Morgan fingerprint density at radius 2 is 0.966 bits per heavy atom. The molecule has 5 saturated heterocycles. The van der Waals surface area contributed by atoms with Crippen molar-refractivity contribution < 1.29 is 139 Å². The fraction of sp³-hybridized carbons (Fsp3) is 0.967. The molecule has 0 aromatic carbocycles. The average Bonchev–Trinajstić information content (AvgIpc) is 1.66. The molecule has 4 aliphatic carbocycles. The Labute approximate surface area is 519 Å². The topological polar surface area (TPSA) is 456 Å². The number of hydrogen-bond donors (Lipinski definition) is 18. The average molecular weight is 1290 g/mol. The van der Waals surface area contributed by atoms with Gasteiger partial charge in [0.2, 0.25) is 0 Å². The van der Waals surface area contributed by atoms with Crippen molar-refractivity contribution in [2.24, 2.45) is 45.3 Å². The fourth-order valence-corrected chi connectivity index (χ4v) is 17.1. The van der Waals surface area contributed by atoms with Crippen LogP contribution in [0.1, 0.15) is 121 Å². The van der Waals surface area contributed by atoms with Crippen molar-refractivity contribution in [3.63, 3.8) is 0 Å². The third kappa shape index (κ3) is 13.5. The van der Waals surface area contributed by atoms with E-state index >= 15 is 0 Å². The van der Waals surface area contributed by atoms with Gasteiger partial charge in [-0.1, -0.05) is 60.6 Å². The van der Waals surface area contributed by atoms with Gasteiger partial charge in [0.05, 0.1) is 50.8 Å². The van der Waals surface area contributed by atoms with Crippen LogP contribution < -0.4 is 0 Å². The molecule has 9 rings (SSSR count). The summed E-state index contributed by atoms with van der Waals surface area (Å²) in [5.74, 6) is 0.828. The van der Waals surface area contributed by atoms with Crippen molar-refractivity contribution in [1.82, 2.24) is 0 Å². The number of aliphatic hydroxyl groups excluding tert-OH is 17. The minimum atomic E-state index is -1.93. The lowest BCUT2D eigenvalue weighted by Crippen LogP contribution is -2.65. The molecule has 5 aliphatic heterocycles. The molecule has 0 radical (unpaired) electrons. The Morgan fingerprint density at radius 1 is 0.506 bits per heavy atom. The van der Waals surface area contributed by atoms with Gasteiger partial charge in [-0.3, -0.25) is 0 Å². The molecular weight excluding hydrogens is 1180 g/mol. The molecule has 9 aliphatic rings. The molecule has 28 heteroatoms. The van der Waals surface area contributed by atoms with Gasteiger partial charge in [-0.25, -0.2) is 0 Å². The second-order valence-corrected chi connectivity index (χ2v) is 28.6. The van der Waals surface area contributed by atoms with Crippen LogP contribution in [0, 0.1) is 45.3 Å². The summed E-state index contributed by atoms with van der Waals surface area (Å²) < 4.78 is 59.7. The molecule has 5 heterocycles. The highest BCUT2D eigenvalue weighted by molar-refractivity contribution is 5.30. The van der Waals surface area contributed by atoms with E-state index in [0.717, 1.165) is 38.5 Å². The van der Waals surface area contributed by atoms with Crippen LogP contribution in [-0.2, 0) is 47.4 Å². The maximum Gasteiger partial charge on any atom is 0.187 e. The molecular formula is C61H106O28. The van der Waals surface area contributed by atoms with E-state index in [1.54, 1.807) is 13.8 Å². The molecule has 34 atom stereocenters. The van der Waals surface area contributed by atoms with Gasteiger partial charge >= 0.3 is 0 Å². The summed E-state index contributed by atoms with van der Waals surface area (Å²) in [6.45, 7) is 13.2. The second-order valence-electron chi connectivity index (χ2n) is 28.6. The van der Waals surface area contributed by atoms with Gasteiger partial charge in [-0.05, 0) is 112 Å². The third-order valence-corrected chi connectivity index (χ3v) is 22.8. The number of aliphatic hydroxyl groups is 18. The molecule has 0 amide bonds. The lowest BCUT2D eigenvalue weighted by molar-refractivity contribution is -0.380. The second kappa shape index (κ2) is 28.4. The highest BCUT2D eigenvalue weighted by atomic mass is 16.8. The van der Waals surface area contributed by atoms with Crippen molar-refractivity contribution in [3.8, 4) is 0 Å². The van der Waals surface area contributed by atoms with E-state index < -0.39 is 210 Å². The maximum atomic E-state index is 11.8. The first-order chi connectivity index (χ1) is 41.2. The Morgan fingerprint density at radius 3 is 1.51 bits per heavy atom. The summed E-state index contributed by atoms with van der Waals surface area (Å²) in [6.07, 6.45) is -33.8. The Kier molecular flexibility index (Phi) is 23.4. The van der Waals surface area contributed by atoms with Gasteiger partial charge in [0.1, 0.15) is 122 Å². The lowest BCUT2D eigenvalue weighted by Gasteiger charge is -2.66. The summed E-state index contributed by atoms with van der Waals surface area (Å²) >= 11 is 0. The van der Waals surface area contributed by atoms with Gasteiger partial charge in [-0.2, -0.15) is 0 Å². The first kappa shape index (κ1) is 73.4. The summed E-state index contributed by atoms with van der Waals surface area (Å²) in [7, 11) is 0. The Bertz CT molecular complexity index is 2310. The highest BCUT2D eigenvalue weighted by Gasteiger charge is 2.68. The van der Waals surface area contributed by atoms with E-state index in [1.807, 2.05) is 0 Å². The van der Waals surface area contributed by atoms with E-state index in [9.17, 15) is 91.9 Å². The summed E-state index contributed by atoms with van der Waals surface area (Å²) in [6, 6.07) is 0.